The molecule has 1 heterocycles. The molecule has 164 valence electrons. The number of hydrogen-bond donors (Lipinski definition) is 1. The van der Waals surface area contributed by atoms with Gasteiger partial charge >= 0.3 is 0 Å². The zero-order valence-corrected chi connectivity index (χ0v) is 19.2. The summed E-state index contributed by atoms with van der Waals surface area (Å²) in [5.41, 5.74) is 4.42. The highest BCUT2D eigenvalue weighted by atomic mass is 32.1. The molecule has 0 unspecified atom stereocenters. The normalized spacial score (nSPS) is 14.8. The first-order chi connectivity index (χ1) is 14.9. The Morgan fingerprint density at radius 3 is 2.65 bits per heavy atom. The first kappa shape index (κ1) is 22.8. The lowest BCUT2D eigenvalue weighted by molar-refractivity contribution is -0.122. The summed E-state index contributed by atoms with van der Waals surface area (Å²) in [6, 6.07) is 11.9. The van der Waals surface area contributed by atoms with Crippen molar-refractivity contribution in [3.05, 3.63) is 64.3 Å². The molecule has 1 saturated heterocycles. The summed E-state index contributed by atoms with van der Waals surface area (Å²) in [6.45, 7) is 5.51. The lowest BCUT2D eigenvalue weighted by Crippen LogP contribution is -2.32. The van der Waals surface area contributed by atoms with E-state index in [9.17, 15) is 4.79 Å². The van der Waals surface area contributed by atoms with E-state index >= 15 is 0 Å². The molecule has 0 radical (unpaired) electrons. The third kappa shape index (κ3) is 5.62. The molecule has 0 spiro atoms. The van der Waals surface area contributed by atoms with Gasteiger partial charge in [-0.2, -0.15) is 0 Å². The highest BCUT2D eigenvalue weighted by molar-refractivity contribution is 7.80. The van der Waals surface area contributed by atoms with E-state index in [2.05, 4.69) is 11.4 Å². The second-order valence-electron chi connectivity index (χ2n) is 7.42. The molecule has 0 aliphatic carbocycles. The molecule has 7 heteroatoms. The summed E-state index contributed by atoms with van der Waals surface area (Å²) in [6.07, 6.45) is 2.52. The van der Waals surface area contributed by atoms with Gasteiger partial charge in [-0.1, -0.05) is 18.2 Å². The number of benzene rings is 2. The average molecular weight is 441 g/mol. The van der Waals surface area contributed by atoms with Gasteiger partial charge in [-0.3, -0.25) is 9.69 Å². The van der Waals surface area contributed by atoms with Crippen molar-refractivity contribution in [3.8, 4) is 11.5 Å². The van der Waals surface area contributed by atoms with Crippen molar-refractivity contribution in [2.45, 2.75) is 26.9 Å². The maximum atomic E-state index is 12.7. The van der Waals surface area contributed by atoms with Crippen molar-refractivity contribution in [3.63, 3.8) is 0 Å². The van der Waals surface area contributed by atoms with E-state index in [-0.39, 0.29) is 5.91 Å². The SMILES string of the molecule is COCCCN1C(=O)/C(=C\c2ccc(OC)c(COc3cc(C)ccc3C)c2)NC1=S. The Labute approximate surface area is 188 Å². The zero-order chi connectivity index (χ0) is 22.4. The molecule has 6 nitrogen and oxygen atoms in total. The molecular weight excluding hydrogens is 412 g/mol. The highest BCUT2D eigenvalue weighted by Gasteiger charge is 2.30. The first-order valence-corrected chi connectivity index (χ1v) is 10.5. The number of thiocarbonyl (C=S) groups is 1. The summed E-state index contributed by atoms with van der Waals surface area (Å²) in [5.74, 6) is 1.44. The Kier molecular flexibility index (Phi) is 7.65. The van der Waals surface area contributed by atoms with Crippen molar-refractivity contribution < 1.29 is 19.0 Å². The number of carbonyl (C=O) groups is 1. The first-order valence-electron chi connectivity index (χ1n) is 10.1. The fourth-order valence-electron chi connectivity index (χ4n) is 3.33. The average Bonchev–Trinajstić information content (AvgIpc) is 3.02. The van der Waals surface area contributed by atoms with Crippen LogP contribution >= 0.6 is 12.2 Å². The number of rotatable bonds is 9. The molecular formula is C24H28N2O4S. The summed E-state index contributed by atoms with van der Waals surface area (Å²) >= 11 is 5.32. The third-order valence-corrected chi connectivity index (χ3v) is 5.36. The Morgan fingerprint density at radius 2 is 1.90 bits per heavy atom. The van der Waals surface area contributed by atoms with Gasteiger partial charge in [-0.15, -0.1) is 0 Å². The number of nitrogens with one attached hydrogen (secondary N) is 1. The molecule has 2 aromatic rings. The van der Waals surface area contributed by atoms with Crippen LogP contribution in [0.4, 0.5) is 0 Å². The van der Waals surface area contributed by atoms with Crippen LogP contribution in [0, 0.1) is 13.8 Å². The van der Waals surface area contributed by atoms with Gasteiger partial charge in [0.1, 0.15) is 23.8 Å². The zero-order valence-electron chi connectivity index (χ0n) is 18.4. The van der Waals surface area contributed by atoms with E-state index in [0.29, 0.717) is 30.6 Å². The van der Waals surface area contributed by atoms with Crippen LogP contribution in [0.3, 0.4) is 0 Å². The minimum absolute atomic E-state index is 0.134. The number of aryl methyl sites for hydroxylation is 2. The van der Waals surface area contributed by atoms with Gasteiger partial charge in [0.2, 0.25) is 0 Å². The number of methoxy groups -OCH3 is 2. The van der Waals surface area contributed by atoms with E-state index in [4.69, 9.17) is 26.4 Å². The Balaban J connectivity index is 1.77. The monoisotopic (exact) mass is 440 g/mol. The fourth-order valence-corrected chi connectivity index (χ4v) is 3.61. The van der Waals surface area contributed by atoms with Crippen LogP contribution in [-0.2, 0) is 16.1 Å². The van der Waals surface area contributed by atoms with E-state index in [1.54, 1.807) is 25.2 Å². The quantitative estimate of drug-likeness (QED) is 0.362. The van der Waals surface area contributed by atoms with E-state index in [1.807, 2.05) is 44.2 Å². The summed E-state index contributed by atoms with van der Waals surface area (Å²) in [5, 5.41) is 3.43. The molecule has 1 aliphatic rings. The minimum Gasteiger partial charge on any atom is -0.496 e. The van der Waals surface area contributed by atoms with Crippen LogP contribution < -0.4 is 14.8 Å². The molecule has 1 amide bonds. The van der Waals surface area contributed by atoms with Gasteiger partial charge in [0.25, 0.3) is 5.91 Å². The molecule has 31 heavy (non-hydrogen) atoms. The van der Waals surface area contributed by atoms with Crippen molar-refractivity contribution in [2.75, 3.05) is 27.4 Å². The minimum atomic E-state index is -0.134. The van der Waals surface area contributed by atoms with Crippen LogP contribution in [0.2, 0.25) is 0 Å². The van der Waals surface area contributed by atoms with Gasteiger partial charge in [-0.25, -0.2) is 0 Å². The highest BCUT2D eigenvalue weighted by Crippen LogP contribution is 2.26. The van der Waals surface area contributed by atoms with Crippen LogP contribution in [0.1, 0.15) is 28.7 Å². The van der Waals surface area contributed by atoms with Crippen molar-refractivity contribution in [2.24, 2.45) is 0 Å². The van der Waals surface area contributed by atoms with Crippen LogP contribution in [-0.4, -0.2) is 43.3 Å². The second kappa shape index (κ2) is 10.4. The molecule has 0 saturated carbocycles. The standard InChI is InChI=1S/C24H28N2O4S/c1-16-6-7-17(2)22(12-16)30-15-19-13-18(8-9-21(19)29-4)14-20-23(27)26(24(31)25-20)10-5-11-28-3/h6-9,12-14H,5,10-11,15H2,1-4H3,(H,25,31)/b20-14+. The van der Waals surface area contributed by atoms with Crippen molar-refractivity contribution in [1.29, 1.82) is 0 Å². The van der Waals surface area contributed by atoms with E-state index in [1.165, 1.54) is 0 Å². The predicted octanol–water partition coefficient (Wildman–Crippen LogP) is 3.99. The second-order valence-corrected chi connectivity index (χ2v) is 7.81. The Hall–Kier alpha value is -2.90. The lowest BCUT2D eigenvalue weighted by Gasteiger charge is -2.13. The number of hydrogen-bond acceptors (Lipinski definition) is 5. The maximum Gasteiger partial charge on any atom is 0.276 e. The number of amides is 1. The van der Waals surface area contributed by atoms with Gasteiger partial charge in [0.05, 0.1) is 7.11 Å². The van der Waals surface area contributed by atoms with Gasteiger partial charge in [0.15, 0.2) is 5.11 Å². The molecule has 0 aromatic heterocycles. The van der Waals surface area contributed by atoms with Crippen LogP contribution in [0.15, 0.2) is 42.1 Å². The number of nitrogens with zero attached hydrogens (tertiary/aromatic N) is 1. The smallest absolute Gasteiger partial charge is 0.276 e. The van der Waals surface area contributed by atoms with Crippen LogP contribution in [0.25, 0.3) is 6.08 Å². The third-order valence-electron chi connectivity index (χ3n) is 5.03. The molecule has 3 rings (SSSR count). The van der Waals surface area contributed by atoms with Gasteiger partial charge < -0.3 is 19.5 Å². The van der Waals surface area contributed by atoms with E-state index in [0.717, 1.165) is 40.2 Å². The van der Waals surface area contributed by atoms with Crippen LogP contribution in [0.5, 0.6) is 11.5 Å². The van der Waals surface area contributed by atoms with Crippen molar-refractivity contribution in [1.82, 2.24) is 10.2 Å². The van der Waals surface area contributed by atoms with E-state index < -0.39 is 0 Å². The largest absolute Gasteiger partial charge is 0.496 e. The fraction of sp³-hybridized carbons (Fsp3) is 0.333. The Bertz CT molecular complexity index is 1000. The molecule has 1 aliphatic heterocycles. The van der Waals surface area contributed by atoms with Gasteiger partial charge in [-0.05, 0) is 73.5 Å². The number of carbonyl (C=O) groups excluding carboxylic acids is 1. The maximum absolute atomic E-state index is 12.7. The lowest BCUT2D eigenvalue weighted by atomic mass is 10.1. The summed E-state index contributed by atoms with van der Waals surface area (Å²) in [7, 11) is 3.27. The summed E-state index contributed by atoms with van der Waals surface area (Å²) in [4.78, 5) is 14.3. The molecule has 2 aromatic carbocycles. The Morgan fingerprint density at radius 1 is 1.10 bits per heavy atom. The number of ether oxygens (including phenoxy) is 3. The van der Waals surface area contributed by atoms with Gasteiger partial charge in [0, 0.05) is 25.8 Å². The molecule has 0 bridgehead atoms. The predicted molar refractivity (Wildman–Crippen MR) is 125 cm³/mol. The van der Waals surface area contributed by atoms with Crippen molar-refractivity contribution >= 4 is 29.3 Å². The molecule has 1 fully saturated rings. The summed E-state index contributed by atoms with van der Waals surface area (Å²) < 4.78 is 16.6. The molecule has 0 atom stereocenters. The molecule has 1 N–H and O–H groups in total. The topological polar surface area (TPSA) is 60.0 Å².